The SMILES string of the molecule is O=c1[nH]c2ccccc2n1C1CCN(C(O)c2cc3c(s2)CCCCC3)CC1. The van der Waals surface area contributed by atoms with Crippen molar-refractivity contribution in [1.82, 2.24) is 14.5 Å². The minimum Gasteiger partial charge on any atom is -0.373 e. The van der Waals surface area contributed by atoms with E-state index < -0.39 is 6.23 Å². The van der Waals surface area contributed by atoms with Crippen molar-refractivity contribution in [3.8, 4) is 0 Å². The van der Waals surface area contributed by atoms with Gasteiger partial charge in [0.25, 0.3) is 0 Å². The van der Waals surface area contributed by atoms with Crippen molar-refractivity contribution in [3.05, 3.63) is 56.1 Å². The van der Waals surface area contributed by atoms with Crippen molar-refractivity contribution in [3.63, 3.8) is 0 Å². The normalized spacial score (nSPS) is 20.2. The lowest BCUT2D eigenvalue weighted by Crippen LogP contribution is -2.38. The minimum atomic E-state index is -0.516. The number of aliphatic hydroxyl groups excluding tert-OH is 1. The van der Waals surface area contributed by atoms with Gasteiger partial charge in [-0.1, -0.05) is 18.6 Å². The Morgan fingerprint density at radius 3 is 2.75 bits per heavy atom. The summed E-state index contributed by atoms with van der Waals surface area (Å²) in [7, 11) is 0. The molecule has 6 heteroatoms. The fraction of sp³-hybridized carbons (Fsp3) is 0.500. The van der Waals surface area contributed by atoms with E-state index in [9.17, 15) is 9.90 Å². The van der Waals surface area contributed by atoms with Crippen LogP contribution in [-0.2, 0) is 12.8 Å². The number of fused-ring (bicyclic) bond motifs is 2. The molecule has 1 unspecified atom stereocenters. The molecule has 1 aromatic carbocycles. The number of benzene rings is 1. The van der Waals surface area contributed by atoms with Crippen molar-refractivity contribution in [2.75, 3.05) is 13.1 Å². The molecule has 1 aliphatic carbocycles. The van der Waals surface area contributed by atoms with Crippen molar-refractivity contribution >= 4 is 22.4 Å². The van der Waals surface area contributed by atoms with E-state index in [1.165, 1.54) is 29.7 Å². The smallest absolute Gasteiger partial charge is 0.326 e. The van der Waals surface area contributed by atoms with Crippen LogP contribution in [0.15, 0.2) is 35.1 Å². The highest BCUT2D eigenvalue weighted by molar-refractivity contribution is 7.12. The maximum atomic E-state index is 12.5. The molecular weight excluding hydrogens is 370 g/mol. The molecule has 0 bridgehead atoms. The Hall–Kier alpha value is -1.89. The lowest BCUT2D eigenvalue weighted by Gasteiger charge is -2.35. The molecule has 1 saturated heterocycles. The largest absolute Gasteiger partial charge is 0.373 e. The second-order valence-corrected chi connectivity index (χ2v) is 9.28. The van der Waals surface area contributed by atoms with E-state index in [-0.39, 0.29) is 11.7 Å². The van der Waals surface area contributed by atoms with Crippen LogP contribution in [0.2, 0.25) is 0 Å². The monoisotopic (exact) mass is 397 g/mol. The first-order valence-corrected chi connectivity index (χ1v) is 11.3. The number of nitrogens with one attached hydrogen (secondary N) is 1. The minimum absolute atomic E-state index is 0.0257. The van der Waals surface area contributed by atoms with Crippen molar-refractivity contribution < 1.29 is 5.11 Å². The van der Waals surface area contributed by atoms with Crippen LogP contribution in [0.5, 0.6) is 0 Å². The number of aliphatic hydroxyl groups is 1. The van der Waals surface area contributed by atoms with Crippen molar-refractivity contribution in [2.45, 2.75) is 57.2 Å². The first kappa shape index (κ1) is 18.2. The number of aryl methyl sites for hydroxylation is 2. The summed E-state index contributed by atoms with van der Waals surface area (Å²) >= 11 is 1.80. The van der Waals surface area contributed by atoms with Crippen LogP contribution < -0.4 is 5.69 Å². The van der Waals surface area contributed by atoms with Gasteiger partial charge in [-0.25, -0.2) is 4.79 Å². The highest BCUT2D eigenvalue weighted by atomic mass is 32.1. The number of imidazole rings is 1. The van der Waals surface area contributed by atoms with Crippen molar-refractivity contribution in [2.24, 2.45) is 0 Å². The number of hydrogen-bond donors (Lipinski definition) is 2. The van der Waals surface area contributed by atoms with Gasteiger partial charge in [-0.15, -0.1) is 11.3 Å². The van der Waals surface area contributed by atoms with E-state index in [0.717, 1.165) is 54.7 Å². The predicted octanol–water partition coefficient (Wildman–Crippen LogP) is 3.99. The Kier molecular flexibility index (Phi) is 4.87. The first-order valence-electron chi connectivity index (χ1n) is 10.4. The Morgan fingerprint density at radius 1 is 1.11 bits per heavy atom. The van der Waals surface area contributed by atoms with E-state index in [1.807, 2.05) is 28.8 Å². The molecule has 3 aromatic rings. The summed E-state index contributed by atoms with van der Waals surface area (Å²) in [5, 5.41) is 11.0. The van der Waals surface area contributed by atoms with Gasteiger partial charge in [-0.3, -0.25) is 9.47 Å². The van der Waals surface area contributed by atoms with Crippen LogP contribution in [0.4, 0.5) is 0 Å². The summed E-state index contributed by atoms with van der Waals surface area (Å²) < 4.78 is 1.91. The molecule has 0 radical (unpaired) electrons. The zero-order valence-corrected chi connectivity index (χ0v) is 16.9. The molecule has 2 N–H and O–H groups in total. The number of H-pyrrole nitrogens is 1. The van der Waals surface area contributed by atoms with Gasteiger partial charge in [0.1, 0.15) is 6.23 Å². The van der Waals surface area contributed by atoms with Crippen LogP contribution >= 0.6 is 11.3 Å². The summed E-state index contributed by atoms with van der Waals surface area (Å²) in [4.78, 5) is 20.2. The Balaban J connectivity index is 1.30. The lowest BCUT2D eigenvalue weighted by molar-refractivity contribution is -0.0151. The number of nitrogens with zero attached hydrogens (tertiary/aromatic N) is 2. The maximum Gasteiger partial charge on any atom is 0.326 e. The van der Waals surface area contributed by atoms with Gasteiger partial charge in [0.05, 0.1) is 11.0 Å². The summed E-state index contributed by atoms with van der Waals surface area (Å²) in [5.41, 5.74) is 3.31. The summed E-state index contributed by atoms with van der Waals surface area (Å²) in [6.45, 7) is 1.61. The molecule has 5 nitrogen and oxygen atoms in total. The third-order valence-corrected chi connectivity index (χ3v) is 7.63. The third kappa shape index (κ3) is 3.23. The zero-order chi connectivity index (χ0) is 19.1. The highest BCUT2D eigenvalue weighted by Gasteiger charge is 2.28. The van der Waals surface area contributed by atoms with Crippen LogP contribution in [0.3, 0.4) is 0 Å². The zero-order valence-electron chi connectivity index (χ0n) is 16.1. The fourth-order valence-electron chi connectivity index (χ4n) is 4.82. The molecule has 3 heterocycles. The molecular formula is C22H27N3O2S. The first-order chi connectivity index (χ1) is 13.7. The Labute approximate surface area is 168 Å². The van der Waals surface area contributed by atoms with Gasteiger partial charge >= 0.3 is 5.69 Å². The topological polar surface area (TPSA) is 61.3 Å². The van der Waals surface area contributed by atoms with Gasteiger partial charge in [0.15, 0.2) is 0 Å². The number of aromatic nitrogens is 2. The van der Waals surface area contributed by atoms with Crippen LogP contribution in [-0.4, -0.2) is 32.6 Å². The van der Waals surface area contributed by atoms with Crippen LogP contribution in [0.25, 0.3) is 11.0 Å². The molecule has 0 spiro atoms. The lowest BCUT2D eigenvalue weighted by atomic mass is 10.0. The second kappa shape index (κ2) is 7.50. The standard InChI is InChI=1S/C22H27N3O2S/c26-21(20-14-15-6-2-1-3-9-19(15)28-20)24-12-10-16(11-13-24)25-18-8-5-4-7-17(18)23-22(25)27/h4-5,7-8,14,16,21,26H,1-3,6,9-13H2,(H,23,27). The molecule has 0 saturated carbocycles. The van der Waals surface area contributed by atoms with Gasteiger partial charge in [0.2, 0.25) is 0 Å². The van der Waals surface area contributed by atoms with Crippen molar-refractivity contribution in [1.29, 1.82) is 0 Å². The average Bonchev–Trinajstić information content (AvgIpc) is 3.20. The summed E-state index contributed by atoms with van der Waals surface area (Å²) in [6, 6.07) is 10.3. The van der Waals surface area contributed by atoms with E-state index in [1.54, 1.807) is 11.3 Å². The molecule has 5 rings (SSSR count). The molecule has 0 amide bonds. The Bertz CT molecular complexity index is 1000. The van der Waals surface area contributed by atoms with Gasteiger partial charge in [-0.05, 0) is 62.3 Å². The van der Waals surface area contributed by atoms with Gasteiger partial charge < -0.3 is 10.1 Å². The van der Waals surface area contributed by atoms with E-state index in [2.05, 4.69) is 16.0 Å². The van der Waals surface area contributed by atoms with E-state index in [4.69, 9.17) is 0 Å². The molecule has 1 atom stereocenters. The highest BCUT2D eigenvalue weighted by Crippen LogP contribution is 2.35. The summed E-state index contributed by atoms with van der Waals surface area (Å²) in [6.07, 6.45) is 7.42. The van der Waals surface area contributed by atoms with Crippen LogP contribution in [0, 0.1) is 0 Å². The molecule has 2 aliphatic rings. The number of para-hydroxylation sites is 2. The molecule has 2 aromatic heterocycles. The number of hydrogen-bond acceptors (Lipinski definition) is 4. The van der Waals surface area contributed by atoms with E-state index >= 15 is 0 Å². The summed E-state index contributed by atoms with van der Waals surface area (Å²) in [5.74, 6) is 0. The van der Waals surface area contributed by atoms with Gasteiger partial charge in [-0.2, -0.15) is 0 Å². The quantitative estimate of drug-likeness (QED) is 0.657. The number of likely N-dealkylation sites (tertiary alicyclic amines) is 1. The second-order valence-electron chi connectivity index (χ2n) is 8.12. The molecule has 28 heavy (non-hydrogen) atoms. The molecule has 1 aliphatic heterocycles. The Morgan fingerprint density at radius 2 is 1.89 bits per heavy atom. The maximum absolute atomic E-state index is 12.5. The van der Waals surface area contributed by atoms with E-state index in [0.29, 0.717) is 0 Å². The predicted molar refractivity (Wildman–Crippen MR) is 113 cm³/mol. The third-order valence-electron chi connectivity index (χ3n) is 6.35. The fourth-order valence-corrected chi connectivity index (χ4v) is 6.10. The molecule has 148 valence electrons. The number of aromatic amines is 1. The molecule has 1 fully saturated rings. The van der Waals surface area contributed by atoms with Gasteiger partial charge in [0, 0.05) is 28.9 Å². The number of thiophene rings is 1. The number of rotatable bonds is 3. The van der Waals surface area contributed by atoms with Crippen LogP contribution in [0.1, 0.15) is 59.7 Å². The number of piperidine rings is 1. The average molecular weight is 398 g/mol.